The average Bonchev–Trinajstić information content (AvgIpc) is 2.85. The van der Waals surface area contributed by atoms with E-state index in [1.54, 1.807) is 19.1 Å². The largest absolute Gasteiger partial charge is 0.365 e. The number of anilines is 1. The van der Waals surface area contributed by atoms with Crippen LogP contribution in [0.25, 0.3) is 0 Å². The SMILES string of the molecule is Cc1ccc(C)c(S(=O)(=O)Nc2sc3c(c2C(N)=O)CC[C@H](C)C3)c1. The lowest BCUT2D eigenvalue weighted by Crippen LogP contribution is -2.20. The molecule has 1 aromatic heterocycles. The summed E-state index contributed by atoms with van der Waals surface area (Å²) in [7, 11) is -3.78. The van der Waals surface area contributed by atoms with Crippen LogP contribution < -0.4 is 10.5 Å². The minimum absolute atomic E-state index is 0.225. The zero-order valence-corrected chi connectivity index (χ0v) is 16.2. The summed E-state index contributed by atoms with van der Waals surface area (Å²) in [4.78, 5) is 13.3. The quantitative estimate of drug-likeness (QED) is 0.854. The number of primary amides is 1. The third-order valence-corrected chi connectivity index (χ3v) is 7.41. The first-order valence-electron chi connectivity index (χ1n) is 8.23. The maximum absolute atomic E-state index is 12.9. The molecular weight excluding hydrogens is 356 g/mol. The maximum atomic E-state index is 12.9. The van der Waals surface area contributed by atoms with E-state index in [1.165, 1.54) is 11.3 Å². The van der Waals surface area contributed by atoms with Crippen molar-refractivity contribution in [3.8, 4) is 0 Å². The molecule has 3 N–H and O–H groups in total. The van der Waals surface area contributed by atoms with Crippen molar-refractivity contribution in [3.05, 3.63) is 45.3 Å². The van der Waals surface area contributed by atoms with Crippen molar-refractivity contribution in [1.29, 1.82) is 0 Å². The normalized spacial score (nSPS) is 17.2. The van der Waals surface area contributed by atoms with E-state index >= 15 is 0 Å². The first-order valence-corrected chi connectivity index (χ1v) is 10.5. The average molecular weight is 379 g/mol. The highest BCUT2D eigenvalue weighted by atomic mass is 32.2. The van der Waals surface area contributed by atoms with E-state index < -0.39 is 15.9 Å². The summed E-state index contributed by atoms with van der Waals surface area (Å²) in [5, 5.41) is 0.340. The molecule has 1 amide bonds. The van der Waals surface area contributed by atoms with E-state index in [4.69, 9.17) is 5.73 Å². The monoisotopic (exact) mass is 378 g/mol. The van der Waals surface area contributed by atoms with E-state index in [1.807, 2.05) is 13.0 Å². The molecule has 1 aromatic carbocycles. The lowest BCUT2D eigenvalue weighted by molar-refractivity contribution is 0.100. The highest BCUT2D eigenvalue weighted by Gasteiger charge is 2.29. The van der Waals surface area contributed by atoms with Crippen molar-refractivity contribution < 1.29 is 13.2 Å². The van der Waals surface area contributed by atoms with Crippen LogP contribution in [-0.4, -0.2) is 14.3 Å². The molecule has 25 heavy (non-hydrogen) atoms. The summed E-state index contributed by atoms with van der Waals surface area (Å²) in [5.41, 5.74) is 8.33. The van der Waals surface area contributed by atoms with Gasteiger partial charge < -0.3 is 5.73 Å². The van der Waals surface area contributed by atoms with Gasteiger partial charge in [-0.25, -0.2) is 8.42 Å². The number of nitrogens with one attached hydrogen (secondary N) is 1. The summed E-state index contributed by atoms with van der Waals surface area (Å²) < 4.78 is 28.4. The Morgan fingerprint density at radius 1 is 1.32 bits per heavy atom. The molecule has 3 rings (SSSR count). The lowest BCUT2D eigenvalue weighted by atomic mass is 9.88. The molecule has 2 aromatic rings. The number of amides is 1. The first kappa shape index (κ1) is 17.9. The van der Waals surface area contributed by atoms with Gasteiger partial charge in [-0.1, -0.05) is 19.1 Å². The molecule has 1 heterocycles. The van der Waals surface area contributed by atoms with Gasteiger partial charge in [-0.3, -0.25) is 9.52 Å². The molecule has 0 saturated heterocycles. The fourth-order valence-electron chi connectivity index (χ4n) is 3.26. The van der Waals surface area contributed by atoms with Gasteiger partial charge in [0.25, 0.3) is 15.9 Å². The molecule has 0 saturated carbocycles. The van der Waals surface area contributed by atoms with Crippen LogP contribution in [-0.2, 0) is 22.9 Å². The second kappa shape index (κ2) is 6.46. The highest BCUT2D eigenvalue weighted by molar-refractivity contribution is 7.93. The summed E-state index contributed by atoms with van der Waals surface area (Å²) in [5.74, 6) is -0.0546. The molecule has 0 aliphatic heterocycles. The van der Waals surface area contributed by atoms with Crippen LogP contribution in [0.1, 0.15) is 45.3 Å². The number of aryl methyl sites for hydroxylation is 2. The standard InChI is InChI=1S/C18H22N2O3S2/c1-10-5-7-13-14(8-10)24-18(16(13)17(19)21)20-25(22,23)15-9-11(2)4-6-12(15)3/h4,6,9-10,20H,5,7-8H2,1-3H3,(H2,19,21)/t10-/m0/s1. The Labute approximate surface area is 152 Å². The Morgan fingerprint density at radius 3 is 2.72 bits per heavy atom. The number of rotatable bonds is 4. The molecule has 0 unspecified atom stereocenters. The Morgan fingerprint density at radius 2 is 2.04 bits per heavy atom. The van der Waals surface area contributed by atoms with Gasteiger partial charge >= 0.3 is 0 Å². The molecule has 134 valence electrons. The Bertz CT molecular complexity index is 945. The molecule has 5 nitrogen and oxygen atoms in total. The number of nitrogens with two attached hydrogens (primary N) is 1. The Balaban J connectivity index is 2.05. The second-order valence-corrected chi connectivity index (χ2v) is 9.55. The predicted molar refractivity (Wildman–Crippen MR) is 101 cm³/mol. The van der Waals surface area contributed by atoms with Gasteiger partial charge in [-0.15, -0.1) is 11.3 Å². The topological polar surface area (TPSA) is 89.3 Å². The number of thiophene rings is 1. The minimum atomic E-state index is -3.78. The Kier molecular flexibility index (Phi) is 4.64. The number of carbonyl (C=O) groups is 1. The van der Waals surface area contributed by atoms with E-state index in [-0.39, 0.29) is 4.90 Å². The number of carbonyl (C=O) groups excluding carboxylic acids is 1. The van der Waals surface area contributed by atoms with Crippen molar-refractivity contribution >= 4 is 32.3 Å². The second-order valence-electron chi connectivity index (χ2n) is 6.79. The van der Waals surface area contributed by atoms with Gasteiger partial charge in [0.2, 0.25) is 0 Å². The summed E-state index contributed by atoms with van der Waals surface area (Å²) >= 11 is 1.33. The fraction of sp³-hybridized carbons (Fsp3) is 0.389. The highest BCUT2D eigenvalue weighted by Crippen LogP contribution is 2.40. The third-order valence-electron chi connectivity index (χ3n) is 4.62. The zero-order chi connectivity index (χ0) is 18.4. The van der Waals surface area contributed by atoms with Crippen LogP contribution in [0.5, 0.6) is 0 Å². The van der Waals surface area contributed by atoms with Crippen LogP contribution >= 0.6 is 11.3 Å². The first-order chi connectivity index (χ1) is 11.7. The third kappa shape index (κ3) is 3.43. The van der Waals surface area contributed by atoms with Crippen molar-refractivity contribution in [2.75, 3.05) is 4.72 Å². The van der Waals surface area contributed by atoms with E-state index in [2.05, 4.69) is 11.6 Å². The molecule has 1 aliphatic carbocycles. The molecule has 0 fully saturated rings. The van der Waals surface area contributed by atoms with Crippen LogP contribution in [0.2, 0.25) is 0 Å². The molecule has 1 aliphatic rings. The van der Waals surface area contributed by atoms with Crippen LogP contribution in [0.15, 0.2) is 23.1 Å². The predicted octanol–water partition coefficient (Wildman–Crippen LogP) is 3.39. The van der Waals surface area contributed by atoms with E-state index in [0.717, 1.165) is 35.3 Å². The zero-order valence-electron chi connectivity index (χ0n) is 14.5. The number of hydrogen-bond acceptors (Lipinski definition) is 4. The van der Waals surface area contributed by atoms with Gasteiger partial charge in [-0.05, 0) is 61.8 Å². The molecule has 1 atom stereocenters. The number of benzene rings is 1. The van der Waals surface area contributed by atoms with Gasteiger partial charge in [0.15, 0.2) is 0 Å². The minimum Gasteiger partial charge on any atom is -0.365 e. The van der Waals surface area contributed by atoms with Crippen LogP contribution in [0.3, 0.4) is 0 Å². The molecule has 0 spiro atoms. The van der Waals surface area contributed by atoms with Gasteiger partial charge in [0.05, 0.1) is 10.5 Å². The molecular formula is C18H22N2O3S2. The molecule has 0 radical (unpaired) electrons. The van der Waals surface area contributed by atoms with Crippen molar-refractivity contribution in [2.45, 2.75) is 44.9 Å². The number of sulfonamides is 1. The smallest absolute Gasteiger partial charge is 0.262 e. The molecule has 0 bridgehead atoms. The van der Waals surface area contributed by atoms with Gasteiger partial charge in [-0.2, -0.15) is 0 Å². The van der Waals surface area contributed by atoms with E-state index in [9.17, 15) is 13.2 Å². The van der Waals surface area contributed by atoms with Crippen LogP contribution in [0.4, 0.5) is 5.00 Å². The summed E-state index contributed by atoms with van der Waals surface area (Å²) in [6.07, 6.45) is 2.59. The Hall–Kier alpha value is -1.86. The molecule has 7 heteroatoms. The maximum Gasteiger partial charge on any atom is 0.262 e. The number of fused-ring (bicyclic) bond motifs is 1. The fourth-order valence-corrected chi connectivity index (χ4v) is 6.31. The van der Waals surface area contributed by atoms with Gasteiger partial charge in [0, 0.05) is 4.88 Å². The van der Waals surface area contributed by atoms with Crippen molar-refractivity contribution in [3.63, 3.8) is 0 Å². The summed E-state index contributed by atoms with van der Waals surface area (Å²) in [6, 6.07) is 5.28. The lowest BCUT2D eigenvalue weighted by Gasteiger charge is -2.18. The summed E-state index contributed by atoms with van der Waals surface area (Å²) in [6.45, 7) is 5.76. The van der Waals surface area contributed by atoms with Gasteiger partial charge in [0.1, 0.15) is 5.00 Å². The van der Waals surface area contributed by atoms with Crippen LogP contribution in [0, 0.1) is 19.8 Å². The van der Waals surface area contributed by atoms with E-state index in [0.29, 0.717) is 22.0 Å². The van der Waals surface area contributed by atoms with Crippen molar-refractivity contribution in [2.24, 2.45) is 11.7 Å². The van der Waals surface area contributed by atoms with Crippen molar-refractivity contribution in [1.82, 2.24) is 0 Å². The number of hydrogen-bond donors (Lipinski definition) is 2.